The van der Waals surface area contributed by atoms with Crippen LogP contribution in [0, 0.1) is 11.3 Å². The van der Waals surface area contributed by atoms with Gasteiger partial charge in [0.05, 0.1) is 11.6 Å². The minimum Gasteiger partial charge on any atom is -0.436 e. The molecule has 0 bridgehead atoms. The van der Waals surface area contributed by atoms with Crippen molar-refractivity contribution in [2.24, 2.45) is 0 Å². The summed E-state index contributed by atoms with van der Waals surface area (Å²) in [5, 5.41) is 19.1. The van der Waals surface area contributed by atoms with Crippen LogP contribution in [0.1, 0.15) is 5.56 Å². The molecule has 0 atom stereocenters. The van der Waals surface area contributed by atoms with E-state index in [-0.39, 0.29) is 0 Å². The van der Waals surface area contributed by atoms with Crippen LogP contribution in [0.3, 0.4) is 0 Å². The summed E-state index contributed by atoms with van der Waals surface area (Å²) in [5.41, 5.74) is 9.49. The fourth-order valence-corrected chi connectivity index (χ4v) is 7.66. The van der Waals surface area contributed by atoms with Crippen LogP contribution in [-0.4, -0.2) is 4.98 Å². The maximum Gasteiger partial charge on any atom is 0.227 e. The first-order chi connectivity index (χ1) is 25.2. The Balaban J connectivity index is 1.23. The van der Waals surface area contributed by atoms with E-state index in [1.807, 2.05) is 36.4 Å². The van der Waals surface area contributed by atoms with Crippen molar-refractivity contribution in [2.75, 3.05) is 0 Å². The maximum atomic E-state index is 9.41. The molecule has 10 aromatic rings. The van der Waals surface area contributed by atoms with Crippen molar-refractivity contribution in [1.82, 2.24) is 4.98 Å². The zero-order valence-corrected chi connectivity index (χ0v) is 27.5. The van der Waals surface area contributed by atoms with Gasteiger partial charge in [-0.2, -0.15) is 5.26 Å². The van der Waals surface area contributed by atoms with Gasteiger partial charge in [0.2, 0.25) is 5.89 Å². The van der Waals surface area contributed by atoms with Crippen molar-refractivity contribution >= 4 is 54.2 Å². The minimum absolute atomic E-state index is 0.564. The van der Waals surface area contributed by atoms with Crippen molar-refractivity contribution in [3.8, 4) is 50.9 Å². The number of benzene rings is 9. The van der Waals surface area contributed by atoms with Crippen molar-refractivity contribution in [1.29, 1.82) is 5.26 Å². The summed E-state index contributed by atoms with van der Waals surface area (Å²) in [4.78, 5) is 5.21. The summed E-state index contributed by atoms with van der Waals surface area (Å²) in [5.74, 6) is 0.564. The third-order valence-corrected chi connectivity index (χ3v) is 10.1. The van der Waals surface area contributed by atoms with Gasteiger partial charge < -0.3 is 4.42 Å². The Hall–Kier alpha value is -7.02. The molecule has 0 aliphatic carbocycles. The number of hydrogen-bond donors (Lipinski definition) is 0. The second-order valence-corrected chi connectivity index (χ2v) is 13.0. The summed E-state index contributed by atoms with van der Waals surface area (Å²) in [6.07, 6.45) is 0. The Bertz CT molecular complexity index is 3040. The van der Waals surface area contributed by atoms with Crippen LogP contribution in [0.2, 0.25) is 0 Å². The predicted octanol–water partition coefficient (Wildman–Crippen LogP) is 13.0. The topological polar surface area (TPSA) is 49.8 Å². The molecule has 0 fully saturated rings. The fourth-order valence-electron chi connectivity index (χ4n) is 7.66. The van der Waals surface area contributed by atoms with Crippen LogP contribution < -0.4 is 0 Å². The molecule has 1 aromatic heterocycles. The first-order valence-corrected chi connectivity index (χ1v) is 17.1. The summed E-state index contributed by atoms with van der Waals surface area (Å²) in [6.45, 7) is 0. The van der Waals surface area contributed by atoms with Gasteiger partial charge in [0, 0.05) is 11.1 Å². The lowest BCUT2D eigenvalue weighted by molar-refractivity contribution is 0.620. The van der Waals surface area contributed by atoms with Gasteiger partial charge in [0.15, 0.2) is 5.58 Å². The van der Waals surface area contributed by atoms with E-state index in [9.17, 15) is 5.26 Å². The Morgan fingerprint density at radius 1 is 0.412 bits per heavy atom. The van der Waals surface area contributed by atoms with Gasteiger partial charge in [-0.15, -0.1) is 0 Å². The molecule has 0 aliphatic rings. The molecule has 3 nitrogen and oxygen atoms in total. The fraction of sp³-hybridized carbons (Fsp3) is 0. The number of rotatable bonds is 4. The van der Waals surface area contributed by atoms with E-state index in [2.05, 4.69) is 140 Å². The number of nitrogens with zero attached hydrogens (tertiary/aromatic N) is 2. The molecular formula is C48H28N2O. The SMILES string of the molecule is N#Cc1cccc(-c2ccc(-c3nc4c(-c5cc6ccccc6c6ccccc56)cc(-c5cc6ccccc6c6ccccc56)cc4o3)cc2)c1. The molecule has 0 aliphatic heterocycles. The smallest absolute Gasteiger partial charge is 0.227 e. The molecule has 3 heteroatoms. The van der Waals surface area contributed by atoms with Gasteiger partial charge in [0.25, 0.3) is 0 Å². The third kappa shape index (κ3) is 4.77. The van der Waals surface area contributed by atoms with Gasteiger partial charge in [-0.3, -0.25) is 0 Å². The predicted molar refractivity (Wildman–Crippen MR) is 210 cm³/mol. The van der Waals surface area contributed by atoms with E-state index in [1.54, 1.807) is 0 Å². The average molecular weight is 649 g/mol. The molecule has 0 spiro atoms. The van der Waals surface area contributed by atoms with Crippen LogP contribution in [0.25, 0.3) is 99.0 Å². The molecule has 0 saturated carbocycles. The monoisotopic (exact) mass is 648 g/mol. The largest absolute Gasteiger partial charge is 0.436 e. The van der Waals surface area contributed by atoms with Gasteiger partial charge in [-0.1, -0.05) is 121 Å². The maximum absolute atomic E-state index is 9.41. The van der Waals surface area contributed by atoms with E-state index in [0.717, 1.165) is 50.0 Å². The van der Waals surface area contributed by atoms with Crippen LogP contribution in [0.5, 0.6) is 0 Å². The Morgan fingerprint density at radius 3 is 1.65 bits per heavy atom. The Kier molecular flexibility index (Phi) is 6.56. The number of hydrogen-bond acceptors (Lipinski definition) is 3. The van der Waals surface area contributed by atoms with E-state index in [0.29, 0.717) is 11.5 Å². The molecule has 1 heterocycles. The van der Waals surface area contributed by atoms with Gasteiger partial charge >= 0.3 is 0 Å². The number of nitriles is 1. The molecule has 0 saturated heterocycles. The summed E-state index contributed by atoms with van der Waals surface area (Å²) >= 11 is 0. The van der Waals surface area contributed by atoms with Crippen LogP contribution in [0.4, 0.5) is 0 Å². The molecule has 9 aromatic carbocycles. The first-order valence-electron chi connectivity index (χ1n) is 17.1. The van der Waals surface area contributed by atoms with E-state index >= 15 is 0 Å². The molecule has 0 unspecified atom stereocenters. The Morgan fingerprint density at radius 2 is 0.980 bits per heavy atom. The molecule has 10 rings (SSSR count). The molecule has 0 amide bonds. The second kappa shape index (κ2) is 11.6. The average Bonchev–Trinajstić information content (AvgIpc) is 3.64. The standard InChI is InChI=1S/C48H28N2O/c49-29-30-10-9-13-33(24-30)31-20-22-32(23-21-31)48-50-47-45(44-26-35-12-2-4-15-38(35)40-17-6-8-19-42(40)44)27-36(28-46(47)51-48)43-25-34-11-1-3-14-37(34)39-16-5-7-18-41(39)43/h1-28H. The quantitative estimate of drug-likeness (QED) is 0.178. The lowest BCUT2D eigenvalue weighted by atomic mass is 9.89. The van der Waals surface area contributed by atoms with Crippen molar-refractivity contribution < 1.29 is 4.42 Å². The lowest BCUT2D eigenvalue weighted by Gasteiger charge is -2.14. The van der Waals surface area contributed by atoms with Gasteiger partial charge in [-0.05, 0) is 119 Å². The summed E-state index contributed by atoms with van der Waals surface area (Å²) in [7, 11) is 0. The van der Waals surface area contributed by atoms with Gasteiger partial charge in [-0.25, -0.2) is 4.98 Å². The van der Waals surface area contributed by atoms with E-state index in [4.69, 9.17) is 9.40 Å². The summed E-state index contributed by atoms with van der Waals surface area (Å²) < 4.78 is 6.71. The van der Waals surface area contributed by atoms with Gasteiger partial charge in [0.1, 0.15) is 5.52 Å². The molecule has 0 N–H and O–H groups in total. The normalized spacial score (nSPS) is 11.5. The minimum atomic E-state index is 0.564. The number of fused-ring (bicyclic) bond motifs is 7. The Labute approximate surface area is 294 Å². The van der Waals surface area contributed by atoms with E-state index < -0.39 is 0 Å². The molecular weight excluding hydrogens is 621 g/mol. The van der Waals surface area contributed by atoms with Crippen LogP contribution >= 0.6 is 0 Å². The highest BCUT2D eigenvalue weighted by Crippen LogP contribution is 2.43. The highest BCUT2D eigenvalue weighted by Gasteiger charge is 2.20. The third-order valence-electron chi connectivity index (χ3n) is 10.1. The van der Waals surface area contributed by atoms with E-state index in [1.165, 1.54) is 43.1 Å². The lowest BCUT2D eigenvalue weighted by Crippen LogP contribution is -1.89. The zero-order chi connectivity index (χ0) is 33.9. The second-order valence-electron chi connectivity index (χ2n) is 13.0. The van der Waals surface area contributed by atoms with Crippen molar-refractivity contribution in [3.05, 3.63) is 175 Å². The van der Waals surface area contributed by atoms with Crippen LogP contribution in [-0.2, 0) is 0 Å². The summed E-state index contributed by atoms with van der Waals surface area (Å²) in [6, 6.07) is 61.6. The highest BCUT2D eigenvalue weighted by molar-refractivity contribution is 6.18. The molecule has 0 radical (unpaired) electrons. The molecule has 51 heavy (non-hydrogen) atoms. The molecule has 236 valence electrons. The zero-order valence-electron chi connectivity index (χ0n) is 27.5. The van der Waals surface area contributed by atoms with Crippen molar-refractivity contribution in [2.45, 2.75) is 0 Å². The highest BCUT2D eigenvalue weighted by atomic mass is 16.3. The number of aromatic nitrogens is 1. The first kappa shape index (κ1) is 28.9. The van der Waals surface area contributed by atoms with Crippen molar-refractivity contribution in [3.63, 3.8) is 0 Å². The van der Waals surface area contributed by atoms with Crippen LogP contribution in [0.15, 0.2) is 174 Å². The number of oxazole rings is 1.